The van der Waals surface area contributed by atoms with Crippen molar-refractivity contribution in [3.05, 3.63) is 54.4 Å². The van der Waals surface area contributed by atoms with Crippen LogP contribution in [-0.4, -0.2) is 31.8 Å². The molecule has 0 aliphatic rings. The Hall–Kier alpha value is -2.12. The van der Waals surface area contributed by atoms with Crippen molar-refractivity contribution in [1.82, 2.24) is 9.29 Å². The van der Waals surface area contributed by atoms with Gasteiger partial charge in [-0.2, -0.15) is 12.7 Å². The van der Waals surface area contributed by atoms with Gasteiger partial charge in [0.1, 0.15) is 0 Å². The first-order valence-corrected chi connectivity index (χ1v) is 7.84. The van der Waals surface area contributed by atoms with E-state index in [4.69, 9.17) is 0 Å². The molecule has 0 radical (unpaired) electrons. The van der Waals surface area contributed by atoms with Crippen LogP contribution in [0.15, 0.2) is 48.8 Å². The van der Waals surface area contributed by atoms with Gasteiger partial charge in [-0.1, -0.05) is 0 Å². The molecule has 2 aromatic rings. The topological polar surface area (TPSA) is 74.3 Å². The highest BCUT2D eigenvalue weighted by Gasteiger charge is 2.12. The average Bonchev–Trinajstić information content (AvgIpc) is 2.47. The Morgan fingerprint density at radius 2 is 1.57 bits per heavy atom. The Morgan fingerprint density at radius 1 is 1.00 bits per heavy atom. The van der Waals surface area contributed by atoms with E-state index in [1.165, 1.54) is 14.1 Å². The normalized spacial score (nSPS) is 11.4. The first-order valence-electron chi connectivity index (χ1n) is 6.40. The summed E-state index contributed by atoms with van der Waals surface area (Å²) in [6, 6.07) is 11.0. The van der Waals surface area contributed by atoms with Crippen LogP contribution in [0.1, 0.15) is 5.56 Å². The van der Waals surface area contributed by atoms with E-state index < -0.39 is 10.2 Å². The van der Waals surface area contributed by atoms with Crippen LogP contribution in [0, 0.1) is 0 Å². The highest BCUT2D eigenvalue weighted by molar-refractivity contribution is 7.90. The Labute approximate surface area is 125 Å². The molecule has 0 unspecified atom stereocenters. The third-order valence-corrected chi connectivity index (χ3v) is 4.31. The molecule has 21 heavy (non-hydrogen) atoms. The lowest BCUT2D eigenvalue weighted by atomic mass is 10.2. The summed E-state index contributed by atoms with van der Waals surface area (Å²) in [5, 5.41) is 3.26. The van der Waals surface area contributed by atoms with Crippen molar-refractivity contribution >= 4 is 21.6 Å². The van der Waals surface area contributed by atoms with Crippen molar-refractivity contribution in [2.45, 2.75) is 6.54 Å². The third-order valence-electron chi connectivity index (χ3n) is 2.86. The molecule has 0 aliphatic carbocycles. The molecule has 0 amide bonds. The monoisotopic (exact) mass is 306 g/mol. The van der Waals surface area contributed by atoms with Gasteiger partial charge in [-0.15, -0.1) is 0 Å². The van der Waals surface area contributed by atoms with Gasteiger partial charge in [-0.3, -0.25) is 9.71 Å². The lowest BCUT2D eigenvalue weighted by Crippen LogP contribution is -2.28. The summed E-state index contributed by atoms with van der Waals surface area (Å²) in [7, 11) is -0.505. The average molecular weight is 306 g/mol. The number of pyridine rings is 1. The molecule has 112 valence electrons. The SMILES string of the molecule is CN(C)S(=O)(=O)Nc1ccc(NCc2ccncc2)cc1. The minimum absolute atomic E-state index is 0.526. The maximum absolute atomic E-state index is 11.7. The Bertz CT molecular complexity index is 670. The van der Waals surface area contributed by atoms with Crippen molar-refractivity contribution in [3.8, 4) is 0 Å². The van der Waals surface area contributed by atoms with Crippen LogP contribution in [0.25, 0.3) is 0 Å². The zero-order valence-corrected chi connectivity index (χ0v) is 12.8. The molecule has 6 nitrogen and oxygen atoms in total. The summed E-state index contributed by atoms with van der Waals surface area (Å²) in [4.78, 5) is 3.96. The minimum atomic E-state index is -3.46. The van der Waals surface area contributed by atoms with Gasteiger partial charge < -0.3 is 5.32 Å². The summed E-state index contributed by atoms with van der Waals surface area (Å²) in [5.74, 6) is 0. The number of benzene rings is 1. The Morgan fingerprint density at radius 3 is 2.14 bits per heavy atom. The maximum Gasteiger partial charge on any atom is 0.301 e. The van der Waals surface area contributed by atoms with E-state index in [0.29, 0.717) is 12.2 Å². The highest BCUT2D eigenvalue weighted by atomic mass is 32.2. The molecule has 2 N–H and O–H groups in total. The number of nitrogens with one attached hydrogen (secondary N) is 2. The number of rotatable bonds is 6. The highest BCUT2D eigenvalue weighted by Crippen LogP contribution is 2.16. The Kier molecular flexibility index (Phi) is 4.77. The molecule has 0 saturated heterocycles. The van der Waals surface area contributed by atoms with E-state index >= 15 is 0 Å². The molecule has 0 bridgehead atoms. The number of nitrogens with zero attached hydrogens (tertiary/aromatic N) is 2. The van der Waals surface area contributed by atoms with E-state index in [0.717, 1.165) is 15.6 Å². The predicted octanol–water partition coefficient (Wildman–Crippen LogP) is 1.91. The van der Waals surface area contributed by atoms with Gasteiger partial charge in [0.25, 0.3) is 0 Å². The van der Waals surface area contributed by atoms with Gasteiger partial charge >= 0.3 is 10.2 Å². The zero-order valence-electron chi connectivity index (χ0n) is 11.9. The van der Waals surface area contributed by atoms with Crippen molar-refractivity contribution in [2.24, 2.45) is 0 Å². The van der Waals surface area contributed by atoms with Crippen molar-refractivity contribution in [2.75, 3.05) is 24.1 Å². The standard InChI is InChI=1S/C14H18N4O2S/c1-18(2)21(19,20)17-14-5-3-13(4-6-14)16-11-12-7-9-15-10-8-12/h3-10,16-17H,11H2,1-2H3. The Balaban J connectivity index is 1.96. The molecule has 0 atom stereocenters. The molecule has 0 aliphatic heterocycles. The summed E-state index contributed by atoms with van der Waals surface area (Å²) >= 11 is 0. The molecule has 1 aromatic carbocycles. The molecular weight excluding hydrogens is 288 g/mol. The summed E-state index contributed by atoms with van der Waals surface area (Å²) < 4.78 is 27.0. The van der Waals surface area contributed by atoms with E-state index in [1.54, 1.807) is 24.5 Å². The first-order chi connectivity index (χ1) is 9.97. The van der Waals surface area contributed by atoms with Gasteiger partial charge in [0.05, 0.1) is 0 Å². The molecule has 0 fully saturated rings. The quantitative estimate of drug-likeness (QED) is 0.855. The first kappa shape index (κ1) is 15.3. The van der Waals surface area contributed by atoms with Gasteiger partial charge in [-0.25, -0.2) is 0 Å². The van der Waals surface area contributed by atoms with Crippen LogP contribution >= 0.6 is 0 Å². The molecule has 0 spiro atoms. The van der Waals surface area contributed by atoms with Crippen molar-refractivity contribution in [1.29, 1.82) is 0 Å². The van der Waals surface area contributed by atoms with Crippen LogP contribution in [0.3, 0.4) is 0 Å². The van der Waals surface area contributed by atoms with E-state index in [9.17, 15) is 8.42 Å². The van der Waals surface area contributed by atoms with Gasteiger partial charge in [0.2, 0.25) is 0 Å². The smallest absolute Gasteiger partial charge is 0.301 e. The van der Waals surface area contributed by atoms with E-state index in [1.807, 2.05) is 24.3 Å². The van der Waals surface area contributed by atoms with Crippen LogP contribution < -0.4 is 10.0 Å². The third kappa shape index (κ3) is 4.44. The van der Waals surface area contributed by atoms with Gasteiger partial charge in [0.15, 0.2) is 0 Å². The fourth-order valence-electron chi connectivity index (χ4n) is 1.60. The molecular formula is C14H18N4O2S. The minimum Gasteiger partial charge on any atom is -0.381 e. The predicted molar refractivity (Wildman–Crippen MR) is 84.2 cm³/mol. The van der Waals surface area contributed by atoms with Crippen molar-refractivity contribution in [3.63, 3.8) is 0 Å². The number of anilines is 2. The molecule has 1 aromatic heterocycles. The molecule has 0 saturated carbocycles. The van der Waals surface area contributed by atoms with Crippen LogP contribution in [0.2, 0.25) is 0 Å². The lowest BCUT2D eigenvalue weighted by Gasteiger charge is -2.14. The van der Waals surface area contributed by atoms with Crippen LogP contribution in [0.5, 0.6) is 0 Å². The zero-order chi connectivity index (χ0) is 15.3. The molecule has 7 heteroatoms. The second-order valence-corrected chi connectivity index (χ2v) is 6.56. The van der Waals surface area contributed by atoms with E-state index in [-0.39, 0.29) is 0 Å². The number of hydrogen-bond acceptors (Lipinski definition) is 4. The lowest BCUT2D eigenvalue weighted by molar-refractivity contribution is 0.527. The second kappa shape index (κ2) is 6.55. The fraction of sp³-hybridized carbons (Fsp3) is 0.214. The molecule has 2 rings (SSSR count). The summed E-state index contributed by atoms with van der Waals surface area (Å²) in [6.07, 6.45) is 3.49. The maximum atomic E-state index is 11.7. The van der Waals surface area contributed by atoms with Gasteiger partial charge in [-0.05, 0) is 42.0 Å². The number of hydrogen-bond donors (Lipinski definition) is 2. The van der Waals surface area contributed by atoms with Crippen molar-refractivity contribution < 1.29 is 8.42 Å². The second-order valence-electron chi connectivity index (χ2n) is 4.68. The number of aromatic nitrogens is 1. The van der Waals surface area contributed by atoms with Gasteiger partial charge in [0, 0.05) is 44.4 Å². The van der Waals surface area contributed by atoms with Crippen LogP contribution in [-0.2, 0) is 16.8 Å². The molecule has 1 heterocycles. The summed E-state index contributed by atoms with van der Waals surface area (Å²) in [5.41, 5.74) is 2.57. The van der Waals surface area contributed by atoms with Crippen LogP contribution in [0.4, 0.5) is 11.4 Å². The van der Waals surface area contributed by atoms with E-state index in [2.05, 4.69) is 15.0 Å². The summed E-state index contributed by atoms with van der Waals surface area (Å²) in [6.45, 7) is 0.686. The largest absolute Gasteiger partial charge is 0.381 e. The fourth-order valence-corrected chi connectivity index (χ4v) is 2.22.